The number of carbonyl (C=O) groups is 1. The molecule has 4 heterocycles. The van der Waals surface area contributed by atoms with E-state index >= 15 is 0 Å². The van der Waals surface area contributed by atoms with Gasteiger partial charge in [-0.3, -0.25) is 9.69 Å². The minimum Gasteiger partial charge on any atom is -0.340 e. The first kappa shape index (κ1) is 15.3. The lowest BCUT2D eigenvalue weighted by Gasteiger charge is -2.44. The quantitative estimate of drug-likeness (QED) is 0.856. The zero-order valence-electron chi connectivity index (χ0n) is 13.1. The van der Waals surface area contributed by atoms with Crippen LogP contribution in [0.2, 0.25) is 0 Å². The largest absolute Gasteiger partial charge is 0.340 e. The molecule has 0 spiro atoms. The van der Waals surface area contributed by atoms with Gasteiger partial charge in [-0.05, 0) is 30.8 Å². The summed E-state index contributed by atoms with van der Waals surface area (Å²) in [5.41, 5.74) is 2.07. The van der Waals surface area contributed by atoms with Crippen LogP contribution in [0.1, 0.15) is 25.0 Å². The zero-order chi connectivity index (χ0) is 15.6. The van der Waals surface area contributed by atoms with E-state index in [9.17, 15) is 4.79 Å². The Morgan fingerprint density at radius 2 is 2.22 bits per heavy atom. The predicted octanol–water partition coefficient (Wildman–Crippen LogP) is 3.11. The molecule has 0 saturated carbocycles. The van der Waals surface area contributed by atoms with Gasteiger partial charge in [0.25, 0.3) is 0 Å². The zero-order valence-corrected chi connectivity index (χ0v) is 14.7. The van der Waals surface area contributed by atoms with Crippen molar-refractivity contribution in [3.63, 3.8) is 0 Å². The number of nitrogens with zero attached hydrogens (tertiary/aromatic N) is 3. The SMILES string of the molecule is O=C(Cc1csc(-c2ccsc2)n1)N1CCN2CCCC[C@H]2C1. The molecule has 122 valence electrons. The van der Waals surface area contributed by atoms with Crippen LogP contribution in [0.15, 0.2) is 22.2 Å². The summed E-state index contributed by atoms with van der Waals surface area (Å²) in [7, 11) is 0. The molecule has 23 heavy (non-hydrogen) atoms. The van der Waals surface area contributed by atoms with Crippen LogP contribution < -0.4 is 0 Å². The molecule has 2 aromatic heterocycles. The van der Waals surface area contributed by atoms with Crippen LogP contribution in [0.5, 0.6) is 0 Å². The molecule has 6 heteroatoms. The summed E-state index contributed by atoms with van der Waals surface area (Å²) in [5.74, 6) is 0.234. The molecule has 2 fully saturated rings. The van der Waals surface area contributed by atoms with E-state index in [-0.39, 0.29) is 5.91 Å². The van der Waals surface area contributed by atoms with Crippen molar-refractivity contribution in [3.05, 3.63) is 27.9 Å². The molecular formula is C17H21N3OS2. The fraction of sp³-hybridized carbons (Fsp3) is 0.529. The Balaban J connectivity index is 1.38. The van der Waals surface area contributed by atoms with Crippen LogP contribution in [0.3, 0.4) is 0 Å². The molecule has 0 aromatic carbocycles. The number of hydrogen-bond donors (Lipinski definition) is 0. The van der Waals surface area contributed by atoms with Crippen LogP contribution in [0, 0.1) is 0 Å². The monoisotopic (exact) mass is 347 g/mol. The summed E-state index contributed by atoms with van der Waals surface area (Å²) in [6.45, 7) is 4.02. The topological polar surface area (TPSA) is 36.4 Å². The number of fused-ring (bicyclic) bond motifs is 1. The van der Waals surface area contributed by atoms with Crippen LogP contribution in [-0.2, 0) is 11.2 Å². The number of rotatable bonds is 3. The normalized spacial score (nSPS) is 22.1. The highest BCUT2D eigenvalue weighted by molar-refractivity contribution is 7.14. The second kappa shape index (κ2) is 6.71. The van der Waals surface area contributed by atoms with Gasteiger partial charge < -0.3 is 4.90 Å². The van der Waals surface area contributed by atoms with E-state index in [1.165, 1.54) is 25.8 Å². The minimum absolute atomic E-state index is 0.234. The Hall–Kier alpha value is -1.24. The summed E-state index contributed by atoms with van der Waals surface area (Å²) >= 11 is 3.31. The predicted molar refractivity (Wildman–Crippen MR) is 94.9 cm³/mol. The fourth-order valence-electron chi connectivity index (χ4n) is 3.56. The van der Waals surface area contributed by atoms with E-state index in [0.29, 0.717) is 12.5 Å². The van der Waals surface area contributed by atoms with Crippen LogP contribution in [0.4, 0.5) is 0 Å². The van der Waals surface area contributed by atoms with Crippen molar-refractivity contribution in [1.82, 2.24) is 14.8 Å². The number of thiophene rings is 1. The molecule has 0 aliphatic carbocycles. The number of hydrogen-bond acceptors (Lipinski definition) is 5. The number of thiazole rings is 1. The summed E-state index contributed by atoms with van der Waals surface area (Å²) in [6, 6.07) is 2.66. The molecule has 2 aliphatic heterocycles. The highest BCUT2D eigenvalue weighted by Gasteiger charge is 2.31. The molecular weight excluding hydrogens is 326 g/mol. The van der Waals surface area contributed by atoms with Crippen molar-refractivity contribution < 1.29 is 4.79 Å². The lowest BCUT2D eigenvalue weighted by atomic mass is 9.99. The molecule has 4 nitrogen and oxygen atoms in total. The van der Waals surface area contributed by atoms with Crippen molar-refractivity contribution in [2.45, 2.75) is 31.7 Å². The minimum atomic E-state index is 0.234. The number of amides is 1. The highest BCUT2D eigenvalue weighted by atomic mass is 32.1. The van der Waals surface area contributed by atoms with E-state index < -0.39 is 0 Å². The molecule has 0 unspecified atom stereocenters. The van der Waals surface area contributed by atoms with Gasteiger partial charge in [0.2, 0.25) is 5.91 Å². The lowest BCUT2D eigenvalue weighted by molar-refractivity contribution is -0.134. The molecule has 0 N–H and O–H groups in total. The highest BCUT2D eigenvalue weighted by Crippen LogP contribution is 2.26. The second-order valence-electron chi connectivity index (χ2n) is 6.36. The molecule has 2 saturated heterocycles. The summed E-state index contributed by atoms with van der Waals surface area (Å²) in [5, 5.41) is 7.21. The number of piperazine rings is 1. The maximum Gasteiger partial charge on any atom is 0.228 e. The van der Waals surface area contributed by atoms with Gasteiger partial charge in [0.05, 0.1) is 12.1 Å². The third-order valence-electron chi connectivity index (χ3n) is 4.84. The molecule has 2 aliphatic rings. The van der Waals surface area contributed by atoms with Crippen molar-refractivity contribution in [2.24, 2.45) is 0 Å². The fourth-order valence-corrected chi connectivity index (χ4v) is 5.09. The standard InChI is InChI=1S/C17H21N3OS2/c21-16(20-7-6-19-5-2-1-3-15(19)10-20)9-14-12-23-17(18-14)13-4-8-22-11-13/h4,8,11-12,15H,1-3,5-7,9-10H2/t15-/m0/s1. The Labute approximate surface area is 144 Å². The number of carbonyl (C=O) groups excluding carboxylic acids is 1. The lowest BCUT2D eigenvalue weighted by Crippen LogP contribution is -2.56. The van der Waals surface area contributed by atoms with E-state index in [0.717, 1.165) is 35.9 Å². The van der Waals surface area contributed by atoms with Crippen molar-refractivity contribution >= 4 is 28.6 Å². The van der Waals surface area contributed by atoms with E-state index in [1.807, 2.05) is 5.38 Å². The molecule has 1 amide bonds. The Morgan fingerprint density at radius 3 is 3.09 bits per heavy atom. The Morgan fingerprint density at radius 1 is 1.26 bits per heavy atom. The van der Waals surface area contributed by atoms with Gasteiger partial charge in [-0.15, -0.1) is 11.3 Å². The maximum atomic E-state index is 12.6. The van der Waals surface area contributed by atoms with Gasteiger partial charge in [-0.1, -0.05) is 6.42 Å². The third-order valence-corrected chi connectivity index (χ3v) is 6.47. The van der Waals surface area contributed by atoms with Gasteiger partial charge in [0.1, 0.15) is 5.01 Å². The summed E-state index contributed by atoms with van der Waals surface area (Å²) in [4.78, 5) is 21.9. The van der Waals surface area contributed by atoms with Crippen molar-refractivity contribution in [3.8, 4) is 10.6 Å². The average Bonchev–Trinajstić information content (AvgIpc) is 3.25. The van der Waals surface area contributed by atoms with Crippen molar-refractivity contribution in [1.29, 1.82) is 0 Å². The van der Waals surface area contributed by atoms with Gasteiger partial charge in [0.15, 0.2) is 0 Å². The third kappa shape index (κ3) is 3.34. The summed E-state index contributed by atoms with van der Waals surface area (Å²) < 4.78 is 0. The molecule has 4 rings (SSSR count). The maximum absolute atomic E-state index is 12.6. The Kier molecular flexibility index (Phi) is 4.46. The molecule has 2 aromatic rings. The van der Waals surface area contributed by atoms with Gasteiger partial charge in [-0.25, -0.2) is 4.98 Å². The first-order valence-electron chi connectivity index (χ1n) is 8.28. The van der Waals surface area contributed by atoms with E-state index in [1.54, 1.807) is 22.7 Å². The van der Waals surface area contributed by atoms with Crippen LogP contribution in [-0.4, -0.2) is 52.9 Å². The first-order valence-corrected chi connectivity index (χ1v) is 10.1. The van der Waals surface area contributed by atoms with Gasteiger partial charge in [0, 0.05) is 42.0 Å². The van der Waals surface area contributed by atoms with Crippen molar-refractivity contribution in [2.75, 3.05) is 26.2 Å². The van der Waals surface area contributed by atoms with Crippen LogP contribution >= 0.6 is 22.7 Å². The smallest absolute Gasteiger partial charge is 0.228 e. The van der Waals surface area contributed by atoms with E-state index in [2.05, 4.69) is 31.6 Å². The molecule has 1 atom stereocenters. The number of aromatic nitrogens is 1. The second-order valence-corrected chi connectivity index (χ2v) is 8.00. The van der Waals surface area contributed by atoms with Crippen LogP contribution in [0.25, 0.3) is 10.6 Å². The molecule has 0 bridgehead atoms. The Bertz CT molecular complexity index is 667. The average molecular weight is 348 g/mol. The molecule has 0 radical (unpaired) electrons. The van der Waals surface area contributed by atoms with E-state index in [4.69, 9.17) is 0 Å². The first-order chi connectivity index (χ1) is 11.3. The number of piperidine rings is 1. The summed E-state index contributed by atoms with van der Waals surface area (Å²) in [6.07, 6.45) is 4.30. The van der Waals surface area contributed by atoms with Gasteiger partial charge >= 0.3 is 0 Å². The van der Waals surface area contributed by atoms with Gasteiger partial charge in [-0.2, -0.15) is 11.3 Å².